The maximum Gasteiger partial charge on any atom is 1.00 e. The molecule has 0 unspecified atom stereocenters. The number of nitrogens with zero attached hydrogens (tertiary/aromatic N) is 1. The Balaban J connectivity index is 0.000000318. The number of halogens is 2. The van der Waals surface area contributed by atoms with Crippen molar-refractivity contribution >= 4 is 29.8 Å². The molecule has 25 heteroatoms. The fourth-order valence-electron chi connectivity index (χ4n) is 7.19. The molecule has 8 aromatic rings. The number of carbonyl (C=O) groups excluding carboxylic acids is 5. The maximum absolute atomic E-state index is 12.9. The van der Waals surface area contributed by atoms with Crippen LogP contribution in [0.1, 0.15) is 89.8 Å². The van der Waals surface area contributed by atoms with Crippen LogP contribution < -0.4 is 75.5 Å². The topological polar surface area (TPSA) is 330 Å². The third kappa shape index (κ3) is 23.5. The van der Waals surface area contributed by atoms with E-state index >= 15 is 0 Å². The second-order valence-corrected chi connectivity index (χ2v) is 17.6. The van der Waals surface area contributed by atoms with Crippen molar-refractivity contribution in [1.29, 1.82) is 0 Å². The molecule has 22 nitrogen and oxygen atoms in total. The van der Waals surface area contributed by atoms with E-state index in [0.717, 1.165) is 29.4 Å². The van der Waals surface area contributed by atoms with E-state index in [1.54, 1.807) is 24.3 Å². The summed E-state index contributed by atoms with van der Waals surface area (Å²) in [5.74, 6) is -4.15. The zero-order valence-corrected chi connectivity index (χ0v) is 51.0. The fraction of sp³-hybridized carbons (Fsp3) is 0.206. The van der Waals surface area contributed by atoms with Crippen LogP contribution in [0.2, 0.25) is 0 Å². The summed E-state index contributed by atoms with van der Waals surface area (Å²) in [6.07, 6.45) is 3.62. The minimum Gasteiger partial charge on any atom is -0.857 e. The van der Waals surface area contributed by atoms with Crippen molar-refractivity contribution in [2.24, 2.45) is 5.73 Å². The Morgan fingerprint density at radius 1 is 0.545 bits per heavy atom. The number of nitrogens with one attached hydrogen (secondary N) is 3. The molecule has 0 aliphatic rings. The first kappa shape index (κ1) is 72.9. The number of aromatic amines is 2. The molecule has 88 heavy (non-hydrogen) atoms. The number of methoxy groups -OCH3 is 2. The number of aliphatic hydroxyl groups is 2. The van der Waals surface area contributed by atoms with Crippen LogP contribution in [0, 0.1) is 11.6 Å². The number of ether oxygens (including phenoxy) is 7. The predicted molar refractivity (Wildman–Crippen MR) is 310 cm³/mol. The molecule has 0 bridgehead atoms. The SMILES string of the molecule is COC(=O)c1c[nH]c(CO)c(OCc2ccccc2)c1=O.COC(=O)c1cnc(COC(C)=O)c(OCc2ccccc2)c1OC(C)=O.C[O-].NCc1ccc(F)cc1.O=C(NCc1ccc(F)cc1)c1c[nH]c(CO)c(OCc2ccccc2)c1=O.[Na+]. The van der Waals surface area contributed by atoms with Gasteiger partial charge in [-0.25, -0.2) is 18.4 Å². The zero-order valence-electron chi connectivity index (χ0n) is 49.0. The number of aromatic nitrogens is 3. The molecule has 0 saturated carbocycles. The predicted octanol–water partition coefficient (Wildman–Crippen LogP) is 3.45. The Morgan fingerprint density at radius 3 is 1.36 bits per heavy atom. The average Bonchev–Trinajstić information content (AvgIpc) is 1.44. The van der Waals surface area contributed by atoms with Crippen LogP contribution in [-0.2, 0) is 76.5 Å². The molecule has 0 atom stereocenters. The van der Waals surface area contributed by atoms with Gasteiger partial charge in [0.05, 0.1) is 38.8 Å². The van der Waals surface area contributed by atoms with E-state index in [2.05, 4.69) is 25.0 Å². The monoisotopic (exact) mass is 1220 g/mol. The third-order valence-corrected chi connectivity index (χ3v) is 11.5. The van der Waals surface area contributed by atoms with Crippen molar-refractivity contribution in [3.8, 4) is 23.0 Å². The van der Waals surface area contributed by atoms with Crippen LogP contribution in [0.4, 0.5) is 8.78 Å². The van der Waals surface area contributed by atoms with Crippen molar-refractivity contribution in [3.05, 3.63) is 252 Å². The van der Waals surface area contributed by atoms with Crippen LogP contribution >= 0.6 is 0 Å². The molecule has 0 spiro atoms. The van der Waals surface area contributed by atoms with Crippen LogP contribution in [0.15, 0.2) is 168 Å². The number of rotatable bonds is 20. The number of aliphatic hydroxyl groups excluding tert-OH is 2. The van der Waals surface area contributed by atoms with Crippen molar-refractivity contribution in [1.82, 2.24) is 20.3 Å². The summed E-state index contributed by atoms with van der Waals surface area (Å²) >= 11 is 0. The van der Waals surface area contributed by atoms with Crippen molar-refractivity contribution < 1.29 is 111 Å². The molecule has 1 amide bonds. The average molecular weight is 1220 g/mol. The number of pyridine rings is 3. The van der Waals surface area contributed by atoms with E-state index < -0.39 is 53.9 Å². The number of H-pyrrole nitrogens is 2. The Labute approximate surface area is 526 Å². The van der Waals surface area contributed by atoms with E-state index in [0.29, 0.717) is 12.1 Å². The van der Waals surface area contributed by atoms with Gasteiger partial charge < -0.3 is 69.5 Å². The molecule has 0 radical (unpaired) electrons. The standard InChI is InChI=1S/C21H19FN2O4.C19H19NO7.C15H15NO5.C7H8FN.CH3O.Na/c22-16-8-6-14(7-9-16)10-24-21(27)17-11-23-18(12-25)20(19(17)26)28-13-15-4-2-1-3-5-15;1-12(21)25-11-16-18(26-10-14-7-5-4-6-8-14)17(27-13(2)22)15(9-20-16)19(23)24-3;1-20-15(19)11-7-16-12(8-17)14(13(11)18)21-9-10-5-3-2-4-6-10;8-7-3-1-6(5-9)2-4-7;1-2;/h1-9,11,25H,10,12-13H2,(H,23,26)(H,24,27);4-9H,10-11H2,1-3H3;2-7,17H,8-9H2,1H3,(H,16,18);1-4H,5,9H2;1H3;/q;;;;-1;+1. The molecule has 3 aromatic heterocycles. The molecular formula is C63H64F2N5NaO17. The van der Waals surface area contributed by atoms with Crippen LogP contribution in [0.5, 0.6) is 23.0 Å². The Hall–Kier alpha value is -9.40. The number of hydrogen-bond donors (Lipinski definition) is 6. The van der Waals surface area contributed by atoms with E-state index in [1.807, 2.05) is 91.0 Å². The van der Waals surface area contributed by atoms with Gasteiger partial charge in [-0.2, -0.15) is 7.11 Å². The smallest absolute Gasteiger partial charge is 0.857 e. The number of hydrogen-bond acceptors (Lipinski definition) is 19. The summed E-state index contributed by atoms with van der Waals surface area (Å²) < 4.78 is 61.4. The molecule has 0 aliphatic carbocycles. The largest absolute Gasteiger partial charge is 1.00 e. The maximum atomic E-state index is 12.9. The van der Waals surface area contributed by atoms with E-state index in [1.165, 1.54) is 70.9 Å². The Bertz CT molecular complexity index is 3600. The number of carbonyl (C=O) groups is 5. The molecule has 0 saturated heterocycles. The second kappa shape index (κ2) is 39.3. The summed E-state index contributed by atoms with van der Waals surface area (Å²) in [6.45, 7) is 2.40. The zero-order chi connectivity index (χ0) is 63.7. The van der Waals surface area contributed by atoms with Gasteiger partial charge in [-0.15, -0.1) is 0 Å². The fourth-order valence-corrected chi connectivity index (χ4v) is 7.19. The van der Waals surface area contributed by atoms with Gasteiger partial charge in [-0.1, -0.05) is 115 Å². The minimum atomic E-state index is -0.759. The van der Waals surface area contributed by atoms with Crippen molar-refractivity contribution in [2.75, 3.05) is 21.3 Å². The molecule has 458 valence electrons. The van der Waals surface area contributed by atoms with Gasteiger partial charge in [0.15, 0.2) is 23.0 Å². The van der Waals surface area contributed by atoms with E-state index in [-0.39, 0.29) is 131 Å². The second-order valence-electron chi connectivity index (χ2n) is 17.6. The molecule has 3 heterocycles. The van der Waals surface area contributed by atoms with E-state index in [9.17, 15) is 52.6 Å². The first-order chi connectivity index (χ1) is 42.0. The van der Waals surface area contributed by atoms with Gasteiger partial charge in [0, 0.05) is 45.5 Å². The van der Waals surface area contributed by atoms with Gasteiger partial charge in [0.2, 0.25) is 10.9 Å². The summed E-state index contributed by atoms with van der Waals surface area (Å²) in [4.78, 5) is 93.0. The van der Waals surface area contributed by atoms with Crippen LogP contribution in [0.25, 0.3) is 0 Å². The van der Waals surface area contributed by atoms with Gasteiger partial charge >= 0.3 is 53.4 Å². The minimum absolute atomic E-state index is 0. The first-order valence-electron chi connectivity index (χ1n) is 26.1. The molecular weight excluding hydrogens is 1160 g/mol. The van der Waals surface area contributed by atoms with Crippen molar-refractivity contribution in [3.63, 3.8) is 0 Å². The number of esters is 4. The molecule has 7 N–H and O–H groups in total. The normalized spacial score (nSPS) is 9.90. The van der Waals surface area contributed by atoms with Crippen molar-refractivity contribution in [2.45, 2.75) is 66.6 Å². The summed E-state index contributed by atoms with van der Waals surface area (Å²) in [5.41, 5.74) is 8.46. The quantitative estimate of drug-likeness (QED) is 0.0362. The summed E-state index contributed by atoms with van der Waals surface area (Å²) in [7, 11) is 3.13. The van der Waals surface area contributed by atoms with Gasteiger partial charge in [0.25, 0.3) is 5.91 Å². The molecule has 5 aromatic carbocycles. The number of amides is 1. The van der Waals surface area contributed by atoms with Gasteiger partial charge in [0.1, 0.15) is 60.4 Å². The van der Waals surface area contributed by atoms with E-state index in [4.69, 9.17) is 39.3 Å². The van der Waals surface area contributed by atoms with Crippen LogP contribution in [-0.4, -0.2) is 76.3 Å². The number of nitrogens with two attached hydrogens (primary N) is 1. The first-order valence-corrected chi connectivity index (χ1v) is 26.1. The van der Waals surface area contributed by atoms with Gasteiger partial charge in [-0.05, 0) is 52.1 Å². The summed E-state index contributed by atoms with van der Waals surface area (Å²) in [6, 6.07) is 39.5. The number of benzene rings is 5. The molecule has 0 aliphatic heterocycles. The van der Waals surface area contributed by atoms with Crippen LogP contribution in [0.3, 0.4) is 0 Å². The Morgan fingerprint density at radius 2 is 0.955 bits per heavy atom. The Kier molecular flexibility index (Phi) is 32.6. The van der Waals surface area contributed by atoms with Gasteiger partial charge in [-0.3, -0.25) is 29.0 Å². The molecule has 8 rings (SSSR count). The summed E-state index contributed by atoms with van der Waals surface area (Å²) in [5, 5.41) is 29.6. The third-order valence-electron chi connectivity index (χ3n) is 11.5. The molecule has 0 fully saturated rings.